The van der Waals surface area contributed by atoms with E-state index in [4.69, 9.17) is 0 Å². The molecule has 0 unspecified atom stereocenters. The summed E-state index contributed by atoms with van der Waals surface area (Å²) in [7, 11) is 0. The van der Waals surface area contributed by atoms with E-state index in [0.29, 0.717) is 12.2 Å². The number of carbonyl (C=O) groups is 1. The Morgan fingerprint density at radius 1 is 1.16 bits per heavy atom. The summed E-state index contributed by atoms with van der Waals surface area (Å²) >= 11 is 0. The molecule has 3 rings (SSSR count). The minimum absolute atomic E-state index is 0.00295. The van der Waals surface area contributed by atoms with Crippen LogP contribution in [0.25, 0.3) is 0 Å². The molecule has 2 heterocycles. The van der Waals surface area contributed by atoms with Crippen molar-refractivity contribution < 1.29 is 4.79 Å². The third kappa shape index (κ3) is 2.65. The summed E-state index contributed by atoms with van der Waals surface area (Å²) in [5, 5.41) is 8.00. The number of rotatable bonds is 3. The second-order valence-electron chi connectivity index (χ2n) is 4.79. The molecular formula is C14H16N4O. The fourth-order valence-corrected chi connectivity index (χ4v) is 2.33. The fourth-order valence-electron chi connectivity index (χ4n) is 2.33. The van der Waals surface area contributed by atoms with Crippen LogP contribution in [0.2, 0.25) is 0 Å². The Hall–Kier alpha value is -2.17. The van der Waals surface area contributed by atoms with Crippen LogP contribution >= 0.6 is 0 Å². The Bertz CT molecular complexity index is 558. The van der Waals surface area contributed by atoms with Crippen molar-refractivity contribution in [2.75, 3.05) is 13.1 Å². The van der Waals surface area contributed by atoms with Gasteiger partial charge in [0.25, 0.3) is 5.91 Å². The van der Waals surface area contributed by atoms with E-state index in [2.05, 4.69) is 10.3 Å². The Balaban J connectivity index is 1.71. The summed E-state index contributed by atoms with van der Waals surface area (Å²) in [5.41, 5.74) is 1.59. The number of amides is 1. The molecule has 0 saturated carbocycles. The Labute approximate surface area is 111 Å². The van der Waals surface area contributed by atoms with Crippen molar-refractivity contribution in [3.05, 3.63) is 47.8 Å². The molecule has 0 spiro atoms. The zero-order chi connectivity index (χ0) is 13.1. The van der Waals surface area contributed by atoms with Crippen LogP contribution in [-0.2, 0) is 6.54 Å². The molecule has 0 atom stereocenters. The van der Waals surface area contributed by atoms with Crippen LogP contribution in [0.15, 0.2) is 36.5 Å². The van der Waals surface area contributed by atoms with Crippen LogP contribution in [0.1, 0.15) is 28.9 Å². The fraction of sp³-hybridized carbons (Fsp3) is 0.357. The molecule has 1 aromatic heterocycles. The van der Waals surface area contributed by atoms with E-state index in [1.807, 2.05) is 35.2 Å². The predicted molar refractivity (Wildman–Crippen MR) is 70.7 cm³/mol. The standard InChI is InChI=1S/C14H16N4O/c19-14(17-8-4-5-9-17)13-11-18(16-15-13)10-12-6-2-1-3-7-12/h1-3,6-7,11H,4-5,8-10H2. The zero-order valence-corrected chi connectivity index (χ0v) is 10.7. The lowest BCUT2D eigenvalue weighted by Crippen LogP contribution is -2.27. The van der Waals surface area contributed by atoms with E-state index in [1.54, 1.807) is 10.9 Å². The molecule has 1 aliphatic rings. The molecule has 98 valence electrons. The highest BCUT2D eigenvalue weighted by Gasteiger charge is 2.21. The molecule has 2 aromatic rings. The first kappa shape index (κ1) is 11.9. The quantitative estimate of drug-likeness (QED) is 0.837. The summed E-state index contributed by atoms with van der Waals surface area (Å²) in [4.78, 5) is 14.0. The highest BCUT2D eigenvalue weighted by Crippen LogP contribution is 2.11. The Morgan fingerprint density at radius 2 is 1.89 bits per heavy atom. The molecular weight excluding hydrogens is 240 g/mol. The van der Waals surface area contributed by atoms with Gasteiger partial charge in [-0.2, -0.15) is 0 Å². The van der Waals surface area contributed by atoms with Crippen molar-refractivity contribution in [1.82, 2.24) is 19.9 Å². The molecule has 1 aromatic carbocycles. The summed E-state index contributed by atoms with van der Waals surface area (Å²) in [6.45, 7) is 2.32. The van der Waals surface area contributed by atoms with Gasteiger partial charge in [0.1, 0.15) is 0 Å². The van der Waals surface area contributed by atoms with E-state index in [1.165, 1.54) is 0 Å². The lowest BCUT2D eigenvalue weighted by molar-refractivity contribution is 0.0787. The van der Waals surface area contributed by atoms with Gasteiger partial charge in [0.05, 0.1) is 12.7 Å². The van der Waals surface area contributed by atoms with E-state index < -0.39 is 0 Å². The van der Waals surface area contributed by atoms with Gasteiger partial charge < -0.3 is 4.90 Å². The van der Waals surface area contributed by atoms with Crippen LogP contribution in [0.4, 0.5) is 0 Å². The maximum Gasteiger partial charge on any atom is 0.276 e. The molecule has 5 nitrogen and oxygen atoms in total. The third-order valence-corrected chi connectivity index (χ3v) is 3.34. The average Bonchev–Trinajstić information content (AvgIpc) is 3.10. The van der Waals surface area contributed by atoms with Crippen molar-refractivity contribution in [2.45, 2.75) is 19.4 Å². The number of hydrogen-bond acceptors (Lipinski definition) is 3. The summed E-state index contributed by atoms with van der Waals surface area (Å²) in [5.74, 6) is -0.00295. The molecule has 0 bridgehead atoms. The van der Waals surface area contributed by atoms with Gasteiger partial charge in [-0.3, -0.25) is 4.79 Å². The van der Waals surface area contributed by atoms with Crippen LogP contribution < -0.4 is 0 Å². The number of benzene rings is 1. The smallest absolute Gasteiger partial charge is 0.276 e. The second-order valence-corrected chi connectivity index (χ2v) is 4.79. The SMILES string of the molecule is O=C(c1cn(Cc2ccccc2)nn1)N1CCCC1. The van der Waals surface area contributed by atoms with Crippen molar-refractivity contribution in [1.29, 1.82) is 0 Å². The first-order valence-corrected chi connectivity index (χ1v) is 6.56. The maximum atomic E-state index is 12.1. The Kier molecular flexibility index (Phi) is 3.27. The van der Waals surface area contributed by atoms with Crippen molar-refractivity contribution in [3.63, 3.8) is 0 Å². The number of likely N-dealkylation sites (tertiary alicyclic amines) is 1. The minimum Gasteiger partial charge on any atom is -0.337 e. The van der Waals surface area contributed by atoms with Crippen LogP contribution in [0, 0.1) is 0 Å². The predicted octanol–water partition coefficient (Wildman–Crippen LogP) is 1.56. The highest BCUT2D eigenvalue weighted by molar-refractivity contribution is 5.92. The number of aromatic nitrogens is 3. The van der Waals surface area contributed by atoms with Crippen molar-refractivity contribution >= 4 is 5.91 Å². The molecule has 1 aliphatic heterocycles. The molecule has 0 aliphatic carbocycles. The summed E-state index contributed by atoms with van der Waals surface area (Å²) in [6.07, 6.45) is 3.90. The second kappa shape index (κ2) is 5.22. The van der Waals surface area contributed by atoms with E-state index >= 15 is 0 Å². The van der Waals surface area contributed by atoms with E-state index in [9.17, 15) is 4.79 Å². The molecule has 1 amide bonds. The molecule has 5 heteroatoms. The van der Waals surface area contributed by atoms with Crippen LogP contribution in [-0.4, -0.2) is 38.9 Å². The lowest BCUT2D eigenvalue weighted by atomic mass is 10.2. The minimum atomic E-state index is -0.00295. The third-order valence-electron chi connectivity index (χ3n) is 3.34. The number of hydrogen-bond donors (Lipinski definition) is 0. The van der Waals surface area contributed by atoms with E-state index in [-0.39, 0.29) is 5.91 Å². The largest absolute Gasteiger partial charge is 0.337 e. The molecule has 0 radical (unpaired) electrons. The number of carbonyl (C=O) groups excluding carboxylic acids is 1. The summed E-state index contributed by atoms with van der Waals surface area (Å²) in [6, 6.07) is 10.0. The lowest BCUT2D eigenvalue weighted by Gasteiger charge is -2.12. The number of nitrogens with zero attached hydrogens (tertiary/aromatic N) is 4. The molecule has 1 fully saturated rings. The van der Waals surface area contributed by atoms with Gasteiger partial charge in [0.15, 0.2) is 5.69 Å². The van der Waals surface area contributed by atoms with Crippen molar-refractivity contribution in [2.24, 2.45) is 0 Å². The monoisotopic (exact) mass is 256 g/mol. The van der Waals surface area contributed by atoms with Gasteiger partial charge in [-0.05, 0) is 18.4 Å². The van der Waals surface area contributed by atoms with Gasteiger partial charge in [-0.1, -0.05) is 35.5 Å². The van der Waals surface area contributed by atoms with Gasteiger partial charge in [0.2, 0.25) is 0 Å². The Morgan fingerprint density at radius 3 is 2.63 bits per heavy atom. The zero-order valence-electron chi connectivity index (χ0n) is 10.7. The van der Waals surface area contributed by atoms with Crippen molar-refractivity contribution in [3.8, 4) is 0 Å². The first-order chi connectivity index (χ1) is 9.33. The van der Waals surface area contributed by atoms with Gasteiger partial charge in [-0.15, -0.1) is 5.10 Å². The first-order valence-electron chi connectivity index (χ1n) is 6.56. The van der Waals surface area contributed by atoms with Gasteiger partial charge in [0, 0.05) is 13.1 Å². The average molecular weight is 256 g/mol. The normalized spacial score (nSPS) is 14.8. The summed E-state index contributed by atoms with van der Waals surface area (Å²) < 4.78 is 1.71. The molecule has 1 saturated heterocycles. The maximum absolute atomic E-state index is 12.1. The van der Waals surface area contributed by atoms with Gasteiger partial charge in [-0.25, -0.2) is 4.68 Å². The van der Waals surface area contributed by atoms with Crippen LogP contribution in [0.5, 0.6) is 0 Å². The van der Waals surface area contributed by atoms with E-state index in [0.717, 1.165) is 31.5 Å². The topological polar surface area (TPSA) is 51.0 Å². The van der Waals surface area contributed by atoms with Crippen LogP contribution in [0.3, 0.4) is 0 Å². The molecule has 19 heavy (non-hydrogen) atoms. The molecule has 0 N–H and O–H groups in total. The van der Waals surface area contributed by atoms with Gasteiger partial charge >= 0.3 is 0 Å². The highest BCUT2D eigenvalue weighted by atomic mass is 16.2.